The van der Waals surface area contributed by atoms with E-state index < -0.39 is 5.79 Å². The van der Waals surface area contributed by atoms with Gasteiger partial charge >= 0.3 is 0 Å². The number of rotatable bonds is 4. The quantitative estimate of drug-likeness (QED) is 0.502. The molecule has 0 aromatic heterocycles. The van der Waals surface area contributed by atoms with E-state index in [9.17, 15) is 15.0 Å². The Kier molecular flexibility index (Phi) is 4.17. The molecule has 0 amide bonds. The van der Waals surface area contributed by atoms with E-state index in [1.54, 1.807) is 24.3 Å². The molecule has 1 atom stereocenters. The number of methoxy groups -OCH3 is 1. The van der Waals surface area contributed by atoms with E-state index in [4.69, 9.17) is 4.74 Å². The summed E-state index contributed by atoms with van der Waals surface area (Å²) in [7, 11) is 1.36. The molecule has 4 heteroatoms. The number of hydrogen-bond acceptors (Lipinski definition) is 4. The molecule has 0 aliphatic heterocycles. The number of carbonyl (C=O) groups is 1. The Labute approximate surface area is 117 Å². The minimum Gasteiger partial charge on any atom is -0.511 e. The van der Waals surface area contributed by atoms with Crippen LogP contribution in [-0.2, 0) is 4.74 Å². The number of hydrogen-bond donors (Lipinski definition) is 2. The Morgan fingerprint density at radius 1 is 1.35 bits per heavy atom. The molecule has 20 heavy (non-hydrogen) atoms. The van der Waals surface area contributed by atoms with Crippen LogP contribution >= 0.6 is 0 Å². The fraction of sp³-hybridized carbons (Fsp3) is 0.188. The Bertz CT molecular complexity index is 584. The van der Waals surface area contributed by atoms with Crippen LogP contribution in [0.3, 0.4) is 0 Å². The largest absolute Gasteiger partial charge is 0.511 e. The molecular weight excluding hydrogens is 256 g/mol. The molecule has 0 fully saturated rings. The van der Waals surface area contributed by atoms with E-state index in [2.05, 4.69) is 0 Å². The van der Waals surface area contributed by atoms with Gasteiger partial charge in [0.05, 0.1) is 6.42 Å². The molecule has 0 saturated heterocycles. The summed E-state index contributed by atoms with van der Waals surface area (Å²) in [5.41, 5.74) is 1.06. The molecule has 0 bridgehead atoms. The normalized spacial score (nSPS) is 22.5. The van der Waals surface area contributed by atoms with Crippen molar-refractivity contribution in [1.29, 1.82) is 0 Å². The number of aliphatic hydroxyl groups is 2. The van der Waals surface area contributed by atoms with Gasteiger partial charge in [-0.15, -0.1) is 0 Å². The summed E-state index contributed by atoms with van der Waals surface area (Å²) in [6.07, 6.45) is 5.84. The van der Waals surface area contributed by atoms with E-state index >= 15 is 0 Å². The highest BCUT2D eigenvalue weighted by atomic mass is 16.6. The maximum Gasteiger partial charge on any atom is 0.192 e. The van der Waals surface area contributed by atoms with E-state index in [0.717, 1.165) is 0 Å². The van der Waals surface area contributed by atoms with E-state index in [-0.39, 0.29) is 18.0 Å². The first kappa shape index (κ1) is 14.2. The number of ketones is 1. The molecule has 4 nitrogen and oxygen atoms in total. The minimum absolute atomic E-state index is 0.0195. The molecule has 1 aliphatic carbocycles. The van der Waals surface area contributed by atoms with Crippen molar-refractivity contribution >= 4 is 5.78 Å². The fourth-order valence-corrected chi connectivity index (χ4v) is 1.87. The molecule has 1 aromatic carbocycles. The lowest BCUT2D eigenvalue weighted by molar-refractivity contribution is -0.149. The highest BCUT2D eigenvalue weighted by Gasteiger charge is 2.28. The minimum atomic E-state index is -1.48. The van der Waals surface area contributed by atoms with Gasteiger partial charge in [0.2, 0.25) is 0 Å². The maximum atomic E-state index is 11.9. The van der Waals surface area contributed by atoms with Crippen molar-refractivity contribution < 1.29 is 19.7 Å². The Morgan fingerprint density at radius 3 is 2.65 bits per heavy atom. The van der Waals surface area contributed by atoms with Crippen molar-refractivity contribution in [1.82, 2.24) is 0 Å². The van der Waals surface area contributed by atoms with Gasteiger partial charge in [-0.3, -0.25) is 4.79 Å². The Balaban J connectivity index is 2.11. The lowest BCUT2D eigenvalue weighted by Gasteiger charge is -2.25. The molecular formula is C16H16O4. The van der Waals surface area contributed by atoms with Crippen LogP contribution in [0.1, 0.15) is 16.8 Å². The topological polar surface area (TPSA) is 66.8 Å². The van der Waals surface area contributed by atoms with Crippen LogP contribution in [0.2, 0.25) is 0 Å². The highest BCUT2D eigenvalue weighted by molar-refractivity contribution is 6.04. The fourth-order valence-electron chi connectivity index (χ4n) is 1.87. The Morgan fingerprint density at radius 2 is 2.05 bits per heavy atom. The molecule has 1 unspecified atom stereocenters. The van der Waals surface area contributed by atoms with Crippen molar-refractivity contribution in [2.75, 3.05) is 7.11 Å². The molecule has 0 heterocycles. The van der Waals surface area contributed by atoms with Crippen LogP contribution in [0, 0.1) is 0 Å². The average molecular weight is 272 g/mol. The van der Waals surface area contributed by atoms with Gasteiger partial charge in [0.25, 0.3) is 0 Å². The van der Waals surface area contributed by atoms with Crippen molar-refractivity contribution in [2.24, 2.45) is 0 Å². The summed E-state index contributed by atoms with van der Waals surface area (Å²) in [5, 5.41) is 19.7. The van der Waals surface area contributed by atoms with Crippen LogP contribution in [0.4, 0.5) is 0 Å². The summed E-state index contributed by atoms with van der Waals surface area (Å²) >= 11 is 0. The summed E-state index contributed by atoms with van der Waals surface area (Å²) < 4.78 is 4.88. The van der Waals surface area contributed by atoms with Gasteiger partial charge in [-0.1, -0.05) is 36.4 Å². The first-order chi connectivity index (χ1) is 9.54. The molecule has 2 rings (SSSR count). The number of benzene rings is 1. The summed E-state index contributed by atoms with van der Waals surface area (Å²) in [6.45, 7) is 0. The highest BCUT2D eigenvalue weighted by Crippen LogP contribution is 2.26. The molecule has 0 saturated carbocycles. The van der Waals surface area contributed by atoms with Gasteiger partial charge in [0.1, 0.15) is 5.76 Å². The molecule has 0 spiro atoms. The second kappa shape index (κ2) is 5.86. The monoisotopic (exact) mass is 272 g/mol. The summed E-state index contributed by atoms with van der Waals surface area (Å²) in [4.78, 5) is 11.9. The van der Waals surface area contributed by atoms with Crippen molar-refractivity contribution in [3.63, 3.8) is 0 Å². The van der Waals surface area contributed by atoms with Crippen LogP contribution in [-0.4, -0.2) is 28.9 Å². The van der Waals surface area contributed by atoms with E-state index in [1.807, 2.05) is 6.07 Å². The van der Waals surface area contributed by atoms with Crippen molar-refractivity contribution in [2.45, 2.75) is 12.2 Å². The zero-order valence-corrected chi connectivity index (χ0v) is 11.1. The first-order valence-electron chi connectivity index (χ1n) is 6.20. The predicted molar refractivity (Wildman–Crippen MR) is 75.3 cm³/mol. The van der Waals surface area contributed by atoms with E-state index in [0.29, 0.717) is 11.1 Å². The lowest BCUT2D eigenvalue weighted by Crippen LogP contribution is -2.30. The van der Waals surface area contributed by atoms with Gasteiger partial charge < -0.3 is 14.9 Å². The van der Waals surface area contributed by atoms with E-state index in [1.165, 1.54) is 31.4 Å². The van der Waals surface area contributed by atoms with Gasteiger partial charge in [-0.2, -0.15) is 0 Å². The zero-order chi connectivity index (χ0) is 14.6. The molecule has 1 aliphatic rings. The third-order valence-corrected chi connectivity index (χ3v) is 3.10. The third kappa shape index (κ3) is 3.23. The van der Waals surface area contributed by atoms with Crippen molar-refractivity contribution in [3.8, 4) is 0 Å². The maximum absolute atomic E-state index is 11.9. The van der Waals surface area contributed by atoms with Gasteiger partial charge in [0, 0.05) is 18.2 Å². The standard InChI is InChI=1S/C16H16O4/c1-20-16(19)10-9-13(15(18)11-16)7-8-14(17)12-5-3-2-4-6-12/h2-10,18-19H,11H2,1H3. The van der Waals surface area contributed by atoms with Crippen LogP contribution in [0.5, 0.6) is 0 Å². The summed E-state index contributed by atoms with van der Waals surface area (Å²) in [5.74, 6) is -1.65. The zero-order valence-electron chi connectivity index (χ0n) is 11.1. The van der Waals surface area contributed by atoms with Gasteiger partial charge in [-0.05, 0) is 18.2 Å². The van der Waals surface area contributed by atoms with Crippen LogP contribution in [0.25, 0.3) is 0 Å². The van der Waals surface area contributed by atoms with Gasteiger partial charge in [-0.25, -0.2) is 0 Å². The number of carbonyl (C=O) groups excluding carboxylic acids is 1. The second-order valence-electron chi connectivity index (χ2n) is 4.52. The number of allylic oxidation sites excluding steroid dienone is 4. The Hall–Kier alpha value is -2.17. The smallest absolute Gasteiger partial charge is 0.192 e. The second-order valence-corrected chi connectivity index (χ2v) is 4.52. The molecule has 104 valence electrons. The first-order valence-corrected chi connectivity index (χ1v) is 6.20. The number of ether oxygens (including phenoxy) is 1. The lowest BCUT2D eigenvalue weighted by atomic mass is 9.99. The molecule has 2 N–H and O–H groups in total. The SMILES string of the molecule is COC1(O)C=CC(C=CC(=O)c2ccccc2)=C(O)C1. The average Bonchev–Trinajstić information content (AvgIpc) is 2.47. The van der Waals surface area contributed by atoms with Crippen LogP contribution in [0.15, 0.2) is 66.0 Å². The third-order valence-electron chi connectivity index (χ3n) is 3.10. The number of aliphatic hydroxyl groups excluding tert-OH is 1. The molecule has 0 radical (unpaired) electrons. The van der Waals surface area contributed by atoms with Crippen molar-refractivity contribution in [3.05, 3.63) is 71.5 Å². The van der Waals surface area contributed by atoms with Gasteiger partial charge in [0.15, 0.2) is 11.6 Å². The predicted octanol–water partition coefficient (Wildman–Crippen LogP) is 2.53. The summed E-state index contributed by atoms with van der Waals surface area (Å²) in [6, 6.07) is 8.86. The molecule has 1 aromatic rings. The van der Waals surface area contributed by atoms with Crippen LogP contribution < -0.4 is 0 Å².